The molecule has 3 heterocycles. The van der Waals surface area contributed by atoms with Crippen molar-refractivity contribution >= 4 is 0 Å². The minimum Gasteiger partial charge on any atom is -0.391 e. The fraction of sp³-hybridized carbons (Fsp3) is 1.00. The molecule has 0 aromatic rings. The molecule has 0 aromatic heterocycles. The van der Waals surface area contributed by atoms with Gasteiger partial charge in [0.1, 0.15) is 0 Å². The highest BCUT2D eigenvalue weighted by Crippen LogP contribution is 2.40. The molecular formula is C30H62N6O. The highest BCUT2D eigenvalue weighted by atomic mass is 16.3. The highest BCUT2D eigenvalue weighted by Gasteiger charge is 2.46. The van der Waals surface area contributed by atoms with Gasteiger partial charge in [0.25, 0.3) is 0 Å². The Morgan fingerprint density at radius 2 is 0.919 bits per heavy atom. The molecule has 7 heteroatoms. The van der Waals surface area contributed by atoms with Gasteiger partial charge in [0.05, 0.1) is 6.10 Å². The zero-order valence-electron chi connectivity index (χ0n) is 25.9. The number of likely N-dealkylation sites (tertiary alicyclic amines) is 3. The van der Waals surface area contributed by atoms with Crippen molar-refractivity contribution in [2.24, 2.45) is 46.8 Å². The van der Waals surface area contributed by atoms with E-state index in [1.165, 1.54) is 0 Å². The van der Waals surface area contributed by atoms with E-state index in [0.717, 1.165) is 52.1 Å². The van der Waals surface area contributed by atoms with E-state index in [-0.39, 0.29) is 40.7 Å². The summed E-state index contributed by atoms with van der Waals surface area (Å²) < 4.78 is 0. The van der Waals surface area contributed by atoms with E-state index in [2.05, 4.69) is 83.9 Å². The van der Waals surface area contributed by atoms with Gasteiger partial charge in [0, 0.05) is 74.0 Å². The second kappa shape index (κ2) is 11.3. The average Bonchev–Trinajstić information content (AvgIpc) is 2.75. The summed E-state index contributed by atoms with van der Waals surface area (Å²) in [5.74, 6) is 2.30. The van der Waals surface area contributed by atoms with Crippen LogP contribution in [0.5, 0.6) is 0 Å². The molecule has 0 saturated carbocycles. The molecule has 7 N–H and O–H groups in total. The third-order valence-corrected chi connectivity index (χ3v) is 10.5. The summed E-state index contributed by atoms with van der Waals surface area (Å²) in [5, 5.41) is 10.4. The van der Waals surface area contributed by atoms with Crippen LogP contribution in [0, 0.1) is 29.6 Å². The van der Waals surface area contributed by atoms with Gasteiger partial charge in [-0.3, -0.25) is 14.7 Å². The predicted molar refractivity (Wildman–Crippen MR) is 156 cm³/mol. The van der Waals surface area contributed by atoms with Crippen molar-refractivity contribution in [2.75, 3.05) is 39.3 Å². The van der Waals surface area contributed by atoms with Crippen molar-refractivity contribution in [1.82, 2.24) is 14.7 Å². The lowest BCUT2D eigenvalue weighted by molar-refractivity contribution is -0.0465. The van der Waals surface area contributed by atoms with Crippen LogP contribution in [0.15, 0.2) is 0 Å². The van der Waals surface area contributed by atoms with Gasteiger partial charge in [0.15, 0.2) is 0 Å². The summed E-state index contributed by atoms with van der Waals surface area (Å²) >= 11 is 0. The molecule has 0 aromatic carbocycles. The molecule has 0 bridgehead atoms. The molecule has 3 fully saturated rings. The van der Waals surface area contributed by atoms with Crippen LogP contribution in [0.2, 0.25) is 0 Å². The van der Waals surface area contributed by atoms with E-state index < -0.39 is 6.10 Å². The smallest absolute Gasteiger partial charge is 0.0741 e. The van der Waals surface area contributed by atoms with Gasteiger partial charge in [-0.15, -0.1) is 0 Å². The summed E-state index contributed by atoms with van der Waals surface area (Å²) in [5.41, 5.74) is 20.3. The molecule has 2 unspecified atom stereocenters. The first kappa shape index (κ1) is 31.3. The molecule has 3 aliphatic heterocycles. The molecular weight excluding hydrogens is 460 g/mol. The topological polar surface area (TPSA) is 108 Å². The number of nitrogens with zero attached hydrogens (tertiary/aromatic N) is 3. The van der Waals surface area contributed by atoms with Gasteiger partial charge in [0.2, 0.25) is 0 Å². The number of hydrogen-bond acceptors (Lipinski definition) is 7. The van der Waals surface area contributed by atoms with Crippen LogP contribution in [-0.2, 0) is 0 Å². The first-order chi connectivity index (χ1) is 16.8. The molecule has 9 atom stereocenters. The van der Waals surface area contributed by atoms with Gasteiger partial charge in [-0.1, -0.05) is 20.8 Å². The first-order valence-electron chi connectivity index (χ1n) is 15.0. The Balaban J connectivity index is 1.63. The average molecular weight is 523 g/mol. The summed E-state index contributed by atoms with van der Waals surface area (Å²) in [7, 11) is 0. The molecule has 3 aliphatic rings. The van der Waals surface area contributed by atoms with Crippen molar-refractivity contribution in [2.45, 2.75) is 123 Å². The zero-order valence-corrected chi connectivity index (χ0v) is 25.9. The van der Waals surface area contributed by atoms with Crippen molar-refractivity contribution in [3.05, 3.63) is 0 Å². The molecule has 37 heavy (non-hydrogen) atoms. The maximum Gasteiger partial charge on any atom is 0.0741 e. The number of aliphatic hydroxyl groups excluding tert-OH is 1. The van der Waals surface area contributed by atoms with Gasteiger partial charge in [-0.25, -0.2) is 0 Å². The Morgan fingerprint density at radius 1 is 0.568 bits per heavy atom. The van der Waals surface area contributed by atoms with E-state index in [1.54, 1.807) is 0 Å². The van der Waals surface area contributed by atoms with Crippen LogP contribution < -0.4 is 17.2 Å². The van der Waals surface area contributed by atoms with E-state index in [4.69, 9.17) is 17.2 Å². The standard InChI is InChI=1S/C30H62N6O/c1-19-13-34(28(4,5)6)16-24(31)22(19)11-29(7,8)35-14-20(2)23(25(32)17-35)12-30(9,10)36-15-21(3)27(37)26(33)18-36/h19-27,37H,11-18,31-33H2,1-10H3/t19-,20+,21-,22?,23?,24+,25-,26+,27+/m1/s1. The van der Waals surface area contributed by atoms with Crippen LogP contribution in [0.3, 0.4) is 0 Å². The quantitative estimate of drug-likeness (QED) is 0.425. The van der Waals surface area contributed by atoms with Gasteiger partial charge in [-0.05, 0) is 90.9 Å². The maximum atomic E-state index is 10.4. The number of aliphatic hydroxyl groups is 1. The maximum absolute atomic E-state index is 10.4. The third kappa shape index (κ3) is 7.08. The van der Waals surface area contributed by atoms with Crippen molar-refractivity contribution in [3.63, 3.8) is 0 Å². The molecule has 0 amide bonds. The molecule has 0 aliphatic carbocycles. The minimum atomic E-state index is -0.407. The van der Waals surface area contributed by atoms with Crippen molar-refractivity contribution in [3.8, 4) is 0 Å². The molecule has 0 spiro atoms. The van der Waals surface area contributed by atoms with Crippen LogP contribution in [0.25, 0.3) is 0 Å². The Morgan fingerprint density at radius 3 is 1.30 bits per heavy atom. The fourth-order valence-electron chi connectivity index (χ4n) is 7.71. The number of hydrogen-bond donors (Lipinski definition) is 4. The second-order valence-electron chi connectivity index (χ2n) is 15.7. The molecule has 0 radical (unpaired) electrons. The first-order valence-corrected chi connectivity index (χ1v) is 15.0. The lowest BCUT2D eigenvalue weighted by Crippen LogP contribution is -2.64. The lowest BCUT2D eigenvalue weighted by atomic mass is 9.71. The monoisotopic (exact) mass is 522 g/mol. The highest BCUT2D eigenvalue weighted by molar-refractivity contribution is 5.02. The SMILES string of the molecule is C[C@@H]1CN(C(C)(C)C)C[C@H](N)C1CC(C)(C)N1C[C@@H](N)C(CC(C)(C)N2C[C@@H](C)[C@H](O)[C@@H](N)C2)[C@@H](C)C1. The van der Waals surface area contributed by atoms with E-state index in [9.17, 15) is 5.11 Å². The third-order valence-electron chi connectivity index (χ3n) is 10.5. The second-order valence-corrected chi connectivity index (χ2v) is 15.7. The number of piperidine rings is 3. The van der Waals surface area contributed by atoms with Crippen molar-refractivity contribution < 1.29 is 5.11 Å². The van der Waals surface area contributed by atoms with Crippen LogP contribution in [-0.4, -0.2) is 99.9 Å². The van der Waals surface area contributed by atoms with E-state index in [1.807, 2.05) is 0 Å². The summed E-state index contributed by atoms with van der Waals surface area (Å²) in [6.45, 7) is 29.1. The van der Waals surface area contributed by atoms with E-state index in [0.29, 0.717) is 23.7 Å². The molecule has 218 valence electrons. The molecule has 7 nitrogen and oxygen atoms in total. The Hall–Kier alpha value is -0.280. The van der Waals surface area contributed by atoms with Crippen LogP contribution in [0.4, 0.5) is 0 Å². The minimum absolute atomic E-state index is 0.00346. The van der Waals surface area contributed by atoms with Crippen LogP contribution >= 0.6 is 0 Å². The Kier molecular flexibility index (Phi) is 9.55. The number of rotatable bonds is 6. The van der Waals surface area contributed by atoms with Crippen molar-refractivity contribution in [1.29, 1.82) is 0 Å². The summed E-state index contributed by atoms with van der Waals surface area (Å²) in [6.07, 6.45) is 1.77. The van der Waals surface area contributed by atoms with Gasteiger partial charge >= 0.3 is 0 Å². The Labute approximate surface area is 228 Å². The normalized spacial score (nSPS) is 40.2. The zero-order chi connectivity index (χ0) is 28.1. The largest absolute Gasteiger partial charge is 0.391 e. The van der Waals surface area contributed by atoms with Crippen LogP contribution in [0.1, 0.15) is 82.1 Å². The summed E-state index contributed by atoms with van der Waals surface area (Å²) in [4.78, 5) is 7.72. The predicted octanol–water partition coefficient (Wildman–Crippen LogP) is 2.55. The Bertz CT molecular complexity index is 715. The summed E-state index contributed by atoms with van der Waals surface area (Å²) in [6, 6.07) is 0.182. The van der Waals surface area contributed by atoms with E-state index >= 15 is 0 Å². The number of nitrogens with two attached hydrogens (primary N) is 3. The lowest BCUT2D eigenvalue weighted by Gasteiger charge is -2.54. The van der Waals surface area contributed by atoms with Gasteiger partial charge < -0.3 is 22.3 Å². The molecule has 3 rings (SSSR count). The fourth-order valence-corrected chi connectivity index (χ4v) is 7.71. The van der Waals surface area contributed by atoms with Gasteiger partial charge in [-0.2, -0.15) is 0 Å². The molecule has 3 saturated heterocycles.